The third-order valence-corrected chi connectivity index (χ3v) is 4.19. The summed E-state index contributed by atoms with van der Waals surface area (Å²) in [6, 6.07) is 5.17. The van der Waals surface area contributed by atoms with E-state index in [1.807, 2.05) is 23.9 Å². The van der Waals surface area contributed by atoms with Gasteiger partial charge in [0.05, 0.1) is 11.3 Å². The van der Waals surface area contributed by atoms with E-state index in [0.29, 0.717) is 35.7 Å². The molecule has 0 aliphatic carbocycles. The van der Waals surface area contributed by atoms with Crippen molar-refractivity contribution in [1.82, 2.24) is 20.0 Å². The first-order chi connectivity index (χ1) is 12.8. The second-order valence-electron chi connectivity index (χ2n) is 6.56. The Hall–Kier alpha value is -2.68. The van der Waals surface area contributed by atoms with Crippen LogP contribution in [0.2, 0.25) is 0 Å². The number of aryl methyl sites for hydroxylation is 1. The number of anilines is 1. The van der Waals surface area contributed by atoms with Gasteiger partial charge in [0.15, 0.2) is 0 Å². The van der Waals surface area contributed by atoms with Crippen LogP contribution in [0, 0.1) is 6.92 Å². The fraction of sp³-hybridized carbons (Fsp3) is 0.389. The number of fused-ring (bicyclic) bond motifs is 1. The maximum atomic E-state index is 12.8. The SMILES string of the molecule is Cc1noc2ncnc(N(CCN(C)C)Cc3ccc(C(F)(F)F)cc3)c12. The fourth-order valence-corrected chi connectivity index (χ4v) is 2.74. The number of nitrogens with zero attached hydrogens (tertiary/aromatic N) is 5. The zero-order chi connectivity index (χ0) is 19.6. The molecular weight excluding hydrogens is 359 g/mol. The third-order valence-electron chi connectivity index (χ3n) is 4.19. The Kier molecular flexibility index (Phi) is 5.31. The minimum atomic E-state index is -4.35. The first-order valence-electron chi connectivity index (χ1n) is 8.38. The van der Waals surface area contributed by atoms with Crippen molar-refractivity contribution in [3.05, 3.63) is 47.4 Å². The molecule has 0 amide bonds. The quantitative estimate of drug-likeness (QED) is 0.653. The summed E-state index contributed by atoms with van der Waals surface area (Å²) in [4.78, 5) is 12.5. The third kappa shape index (κ3) is 4.36. The summed E-state index contributed by atoms with van der Waals surface area (Å²) in [6.07, 6.45) is -2.95. The minimum absolute atomic E-state index is 0.389. The van der Waals surface area contributed by atoms with Gasteiger partial charge in [-0.05, 0) is 38.7 Å². The Balaban J connectivity index is 1.93. The molecule has 2 aromatic heterocycles. The van der Waals surface area contributed by atoms with Crippen molar-refractivity contribution < 1.29 is 17.7 Å². The average Bonchev–Trinajstić information content (AvgIpc) is 2.99. The highest BCUT2D eigenvalue weighted by molar-refractivity contribution is 5.87. The fourth-order valence-electron chi connectivity index (χ4n) is 2.74. The smallest absolute Gasteiger partial charge is 0.350 e. The van der Waals surface area contributed by atoms with E-state index < -0.39 is 11.7 Å². The molecule has 0 atom stereocenters. The van der Waals surface area contributed by atoms with Crippen molar-refractivity contribution in [1.29, 1.82) is 0 Å². The van der Waals surface area contributed by atoms with Gasteiger partial charge >= 0.3 is 6.18 Å². The van der Waals surface area contributed by atoms with Crippen molar-refractivity contribution >= 4 is 16.9 Å². The molecule has 6 nitrogen and oxygen atoms in total. The van der Waals surface area contributed by atoms with E-state index in [-0.39, 0.29) is 0 Å². The Labute approximate surface area is 154 Å². The Morgan fingerprint density at radius 2 is 1.74 bits per heavy atom. The number of aromatic nitrogens is 3. The molecule has 0 radical (unpaired) electrons. The van der Waals surface area contributed by atoms with E-state index in [1.54, 1.807) is 6.92 Å². The van der Waals surface area contributed by atoms with Crippen LogP contribution in [0.15, 0.2) is 35.1 Å². The lowest BCUT2D eigenvalue weighted by atomic mass is 10.1. The Morgan fingerprint density at radius 1 is 1.04 bits per heavy atom. The van der Waals surface area contributed by atoms with Crippen molar-refractivity contribution in [3.63, 3.8) is 0 Å². The molecular formula is C18H20F3N5O. The zero-order valence-corrected chi connectivity index (χ0v) is 15.3. The highest BCUT2D eigenvalue weighted by Gasteiger charge is 2.30. The van der Waals surface area contributed by atoms with Gasteiger partial charge in [-0.3, -0.25) is 0 Å². The zero-order valence-electron chi connectivity index (χ0n) is 15.3. The second-order valence-corrected chi connectivity index (χ2v) is 6.56. The molecule has 2 heterocycles. The van der Waals surface area contributed by atoms with Crippen LogP contribution in [0.5, 0.6) is 0 Å². The number of likely N-dealkylation sites (N-methyl/N-ethyl adjacent to an activating group) is 1. The van der Waals surface area contributed by atoms with E-state index >= 15 is 0 Å². The van der Waals surface area contributed by atoms with Gasteiger partial charge in [-0.15, -0.1) is 0 Å². The Morgan fingerprint density at radius 3 is 2.37 bits per heavy atom. The summed E-state index contributed by atoms with van der Waals surface area (Å²) in [6.45, 7) is 3.59. The number of rotatable bonds is 6. The van der Waals surface area contributed by atoms with Crippen molar-refractivity contribution in [3.8, 4) is 0 Å². The van der Waals surface area contributed by atoms with Gasteiger partial charge in [0.1, 0.15) is 17.5 Å². The summed E-state index contributed by atoms with van der Waals surface area (Å²) < 4.78 is 43.6. The molecule has 144 valence electrons. The van der Waals surface area contributed by atoms with E-state index in [0.717, 1.165) is 24.2 Å². The van der Waals surface area contributed by atoms with E-state index in [4.69, 9.17) is 4.52 Å². The standard InChI is InChI=1S/C18H20F3N5O/c1-12-15-16(22-11-23-17(15)27-24-12)26(9-8-25(2)3)10-13-4-6-14(7-5-13)18(19,20)21/h4-7,11H,8-10H2,1-3H3. The average molecular weight is 379 g/mol. The first kappa shape index (κ1) is 19.1. The topological polar surface area (TPSA) is 58.3 Å². The van der Waals surface area contributed by atoms with Crippen LogP contribution in [-0.2, 0) is 12.7 Å². The maximum Gasteiger partial charge on any atom is 0.416 e. The van der Waals surface area contributed by atoms with Crippen molar-refractivity contribution in [2.45, 2.75) is 19.6 Å². The predicted octanol–water partition coefficient (Wildman–Crippen LogP) is 3.51. The lowest BCUT2D eigenvalue weighted by Gasteiger charge is -2.26. The molecule has 1 aromatic carbocycles. The summed E-state index contributed by atoms with van der Waals surface area (Å²) in [5.74, 6) is 0.653. The van der Waals surface area contributed by atoms with E-state index in [1.165, 1.54) is 18.5 Å². The number of alkyl halides is 3. The van der Waals surface area contributed by atoms with Crippen LogP contribution >= 0.6 is 0 Å². The van der Waals surface area contributed by atoms with Crippen LogP contribution in [0.3, 0.4) is 0 Å². The molecule has 0 spiro atoms. The molecule has 0 saturated carbocycles. The maximum absolute atomic E-state index is 12.8. The molecule has 9 heteroatoms. The second kappa shape index (κ2) is 7.51. The normalized spacial score (nSPS) is 12.1. The van der Waals surface area contributed by atoms with Gasteiger partial charge in [0, 0.05) is 19.6 Å². The summed E-state index contributed by atoms with van der Waals surface area (Å²) in [7, 11) is 3.91. The van der Waals surface area contributed by atoms with Crippen LogP contribution in [0.25, 0.3) is 11.1 Å². The highest BCUT2D eigenvalue weighted by atomic mass is 19.4. The predicted molar refractivity (Wildman–Crippen MR) is 95.4 cm³/mol. The molecule has 0 aliphatic heterocycles. The first-order valence-corrected chi connectivity index (χ1v) is 8.38. The summed E-state index contributed by atoms with van der Waals surface area (Å²) >= 11 is 0. The lowest BCUT2D eigenvalue weighted by molar-refractivity contribution is -0.137. The highest BCUT2D eigenvalue weighted by Crippen LogP contribution is 2.30. The van der Waals surface area contributed by atoms with Gasteiger partial charge < -0.3 is 14.3 Å². The Bertz CT molecular complexity index is 905. The molecule has 0 saturated heterocycles. The number of hydrogen-bond acceptors (Lipinski definition) is 6. The van der Waals surface area contributed by atoms with Gasteiger partial charge in [0.25, 0.3) is 5.71 Å². The molecule has 0 unspecified atom stereocenters. The van der Waals surface area contributed by atoms with E-state index in [2.05, 4.69) is 15.1 Å². The van der Waals surface area contributed by atoms with Crippen LogP contribution in [0.4, 0.5) is 19.0 Å². The van der Waals surface area contributed by atoms with Crippen LogP contribution < -0.4 is 4.90 Å². The van der Waals surface area contributed by atoms with Crippen LogP contribution in [0.1, 0.15) is 16.8 Å². The lowest BCUT2D eigenvalue weighted by Crippen LogP contribution is -2.32. The van der Waals surface area contributed by atoms with Gasteiger partial charge in [-0.1, -0.05) is 17.3 Å². The molecule has 3 rings (SSSR count). The van der Waals surface area contributed by atoms with Gasteiger partial charge in [-0.2, -0.15) is 18.2 Å². The monoisotopic (exact) mass is 379 g/mol. The largest absolute Gasteiger partial charge is 0.416 e. The summed E-state index contributed by atoms with van der Waals surface area (Å²) in [5.41, 5.74) is 1.15. The van der Waals surface area contributed by atoms with Gasteiger partial charge in [-0.25, -0.2) is 4.98 Å². The molecule has 3 aromatic rings. The van der Waals surface area contributed by atoms with Crippen molar-refractivity contribution in [2.24, 2.45) is 0 Å². The molecule has 0 aliphatic rings. The number of hydrogen-bond donors (Lipinski definition) is 0. The van der Waals surface area contributed by atoms with E-state index in [9.17, 15) is 13.2 Å². The molecule has 27 heavy (non-hydrogen) atoms. The number of benzene rings is 1. The van der Waals surface area contributed by atoms with Gasteiger partial charge in [0.2, 0.25) is 0 Å². The van der Waals surface area contributed by atoms with Crippen LogP contribution in [-0.4, -0.2) is 47.2 Å². The minimum Gasteiger partial charge on any atom is -0.350 e. The number of halogens is 3. The van der Waals surface area contributed by atoms with Crippen molar-refractivity contribution in [2.75, 3.05) is 32.1 Å². The molecule has 0 bridgehead atoms. The molecule has 0 fully saturated rings. The summed E-state index contributed by atoms with van der Waals surface area (Å²) in [5, 5.41) is 4.65. The molecule has 0 N–H and O–H groups in total.